The molecule has 0 radical (unpaired) electrons. The Morgan fingerprint density at radius 3 is 2.74 bits per heavy atom. The molecule has 7 rings (SSSR count). The van der Waals surface area contributed by atoms with Crippen LogP contribution in [0, 0.1) is 25.7 Å². The third kappa shape index (κ3) is 3.42. The highest BCUT2D eigenvalue weighted by atomic mass is 16.2. The summed E-state index contributed by atoms with van der Waals surface area (Å²) in [7, 11) is 0. The minimum Gasteiger partial charge on any atom is -0.356 e. The second-order valence-corrected chi connectivity index (χ2v) is 10.7. The molecule has 0 spiro atoms. The lowest BCUT2D eigenvalue weighted by Gasteiger charge is -2.20. The number of aromatic nitrogens is 5. The normalized spacial score (nSPS) is 24.9. The van der Waals surface area contributed by atoms with Crippen molar-refractivity contribution >= 4 is 11.7 Å². The van der Waals surface area contributed by atoms with E-state index in [4.69, 9.17) is 9.97 Å². The summed E-state index contributed by atoms with van der Waals surface area (Å²) in [5, 5.41) is 10.6. The van der Waals surface area contributed by atoms with E-state index >= 15 is 0 Å². The number of rotatable bonds is 6. The number of hydrogen-bond acceptors (Lipinski definition) is 5. The highest BCUT2D eigenvalue weighted by Crippen LogP contribution is 2.46. The van der Waals surface area contributed by atoms with E-state index in [1.807, 2.05) is 13.1 Å². The molecule has 0 aromatic carbocycles. The van der Waals surface area contributed by atoms with Gasteiger partial charge in [0.1, 0.15) is 17.3 Å². The number of nitrogens with one attached hydrogen (secondary N) is 2. The van der Waals surface area contributed by atoms with Gasteiger partial charge in [-0.3, -0.25) is 9.89 Å². The molecule has 0 bridgehead atoms. The monoisotopic (exact) mass is 457 g/mol. The van der Waals surface area contributed by atoms with Gasteiger partial charge in [-0.25, -0.2) is 9.97 Å². The van der Waals surface area contributed by atoms with Crippen LogP contribution >= 0.6 is 0 Å². The lowest BCUT2D eigenvalue weighted by molar-refractivity contribution is 0.0931. The molecular weight excluding hydrogens is 426 g/mol. The largest absolute Gasteiger partial charge is 0.356 e. The number of carbonyl (C=O) groups is 1. The molecule has 2 N–H and O–H groups in total. The first-order chi connectivity index (χ1) is 16.5. The second kappa shape index (κ2) is 7.42. The Bertz CT molecular complexity index is 1280. The molecule has 4 aliphatic rings. The van der Waals surface area contributed by atoms with E-state index in [1.54, 1.807) is 0 Å². The fourth-order valence-electron chi connectivity index (χ4n) is 5.90. The van der Waals surface area contributed by atoms with Gasteiger partial charge in [0.05, 0.1) is 18.3 Å². The van der Waals surface area contributed by atoms with Crippen molar-refractivity contribution in [1.82, 2.24) is 30.0 Å². The Morgan fingerprint density at radius 1 is 1.15 bits per heavy atom. The maximum absolute atomic E-state index is 13.1. The highest BCUT2D eigenvalue weighted by Gasteiger charge is 2.45. The van der Waals surface area contributed by atoms with E-state index in [9.17, 15) is 4.79 Å². The maximum atomic E-state index is 13.1. The molecule has 3 atom stereocenters. The standard InChI is InChI=1S/C26H31N7O/c1-14-17(5-8-23(27-14)32-11-18-9-19(18)12-32)10-33-13-22(28-25(33)16-3-4-16)26(34)29-21-7-6-20-15(2)30-31-24(20)21/h5,8,13,16,18-19,21H,3-4,6-7,9-12H2,1-2H3,(H,29,34)(H,30,31)/t18?,19?,21-/m1/s1. The zero-order valence-corrected chi connectivity index (χ0v) is 19.8. The van der Waals surface area contributed by atoms with Gasteiger partial charge in [0.2, 0.25) is 0 Å². The van der Waals surface area contributed by atoms with Crippen LogP contribution < -0.4 is 10.2 Å². The van der Waals surface area contributed by atoms with Gasteiger partial charge in [0.25, 0.3) is 5.91 Å². The fourth-order valence-corrected chi connectivity index (χ4v) is 5.90. The lowest BCUT2D eigenvalue weighted by atomic mass is 10.2. The van der Waals surface area contributed by atoms with Crippen molar-refractivity contribution in [2.45, 2.75) is 64.5 Å². The molecule has 34 heavy (non-hydrogen) atoms. The van der Waals surface area contributed by atoms with E-state index in [0.29, 0.717) is 18.2 Å². The molecule has 1 aliphatic heterocycles. The van der Waals surface area contributed by atoms with Crippen LogP contribution in [0.2, 0.25) is 0 Å². The average molecular weight is 458 g/mol. The van der Waals surface area contributed by atoms with Crippen LogP contribution in [0.3, 0.4) is 0 Å². The molecule has 176 valence electrons. The van der Waals surface area contributed by atoms with Gasteiger partial charge in [0.15, 0.2) is 0 Å². The summed E-state index contributed by atoms with van der Waals surface area (Å²) in [6.45, 7) is 7.14. The number of nitrogens with zero attached hydrogens (tertiary/aromatic N) is 5. The molecule has 8 heteroatoms. The number of aromatic amines is 1. The molecule has 8 nitrogen and oxygen atoms in total. The Morgan fingerprint density at radius 2 is 1.97 bits per heavy atom. The number of aryl methyl sites for hydroxylation is 2. The molecule has 1 amide bonds. The van der Waals surface area contributed by atoms with E-state index < -0.39 is 0 Å². The molecule has 1 saturated heterocycles. The molecule has 3 aromatic rings. The quantitative estimate of drug-likeness (QED) is 0.592. The first kappa shape index (κ1) is 20.2. The van der Waals surface area contributed by atoms with Crippen molar-refractivity contribution in [1.29, 1.82) is 0 Å². The number of carbonyl (C=O) groups excluding carboxylic acids is 1. The van der Waals surface area contributed by atoms with Crippen molar-refractivity contribution in [3.63, 3.8) is 0 Å². The van der Waals surface area contributed by atoms with Gasteiger partial charge in [-0.2, -0.15) is 5.10 Å². The van der Waals surface area contributed by atoms with Gasteiger partial charge >= 0.3 is 0 Å². The van der Waals surface area contributed by atoms with Gasteiger partial charge in [0, 0.05) is 36.6 Å². The van der Waals surface area contributed by atoms with Crippen LogP contribution in [-0.2, 0) is 13.0 Å². The summed E-state index contributed by atoms with van der Waals surface area (Å²) in [6, 6.07) is 4.33. The molecule has 3 fully saturated rings. The third-order valence-electron chi connectivity index (χ3n) is 8.23. The van der Waals surface area contributed by atoms with Crippen LogP contribution in [0.5, 0.6) is 0 Å². The molecule has 2 saturated carbocycles. The minimum absolute atomic E-state index is 0.0439. The van der Waals surface area contributed by atoms with E-state index in [-0.39, 0.29) is 11.9 Å². The van der Waals surface area contributed by atoms with Crippen molar-refractivity contribution in [3.05, 3.63) is 58.1 Å². The summed E-state index contributed by atoms with van der Waals surface area (Å²) >= 11 is 0. The number of piperidine rings is 1. The number of anilines is 1. The van der Waals surface area contributed by atoms with Crippen molar-refractivity contribution in [2.24, 2.45) is 11.8 Å². The van der Waals surface area contributed by atoms with Gasteiger partial charge < -0.3 is 14.8 Å². The van der Waals surface area contributed by atoms with Crippen molar-refractivity contribution in [3.8, 4) is 0 Å². The molecule has 4 heterocycles. The highest BCUT2D eigenvalue weighted by molar-refractivity contribution is 5.92. The van der Waals surface area contributed by atoms with Crippen molar-refractivity contribution < 1.29 is 4.79 Å². The molecule has 3 aromatic heterocycles. The van der Waals surface area contributed by atoms with Gasteiger partial charge in [-0.05, 0) is 75.0 Å². The van der Waals surface area contributed by atoms with Crippen molar-refractivity contribution in [2.75, 3.05) is 18.0 Å². The number of H-pyrrole nitrogens is 1. The Labute approximate surface area is 199 Å². The van der Waals surface area contributed by atoms with Crippen LogP contribution in [-0.4, -0.2) is 43.7 Å². The number of imidazole rings is 1. The van der Waals surface area contributed by atoms with Gasteiger partial charge in [-0.15, -0.1) is 0 Å². The van der Waals surface area contributed by atoms with Gasteiger partial charge in [-0.1, -0.05) is 6.07 Å². The molecule has 3 aliphatic carbocycles. The minimum atomic E-state index is -0.114. The van der Waals surface area contributed by atoms with E-state index in [1.165, 1.54) is 17.5 Å². The smallest absolute Gasteiger partial charge is 0.272 e. The Kier molecular flexibility index (Phi) is 4.41. The second-order valence-electron chi connectivity index (χ2n) is 10.7. The van der Waals surface area contributed by atoms with E-state index in [0.717, 1.165) is 79.3 Å². The number of amides is 1. The average Bonchev–Trinajstić information content (AvgIpc) is 3.60. The predicted octanol–water partition coefficient (Wildman–Crippen LogP) is 3.42. The SMILES string of the molecule is Cc1nc(N2CC3CC3C2)ccc1Cn1cc(C(=O)N[C@@H]2CCc3c2n[nH]c3C)nc1C1CC1. The summed E-state index contributed by atoms with van der Waals surface area (Å²) in [4.78, 5) is 25.3. The third-order valence-corrected chi connectivity index (χ3v) is 8.23. The molecule has 2 unspecified atom stereocenters. The fraction of sp³-hybridized carbons (Fsp3) is 0.538. The number of hydrogen-bond donors (Lipinski definition) is 2. The first-order valence-electron chi connectivity index (χ1n) is 12.7. The zero-order chi connectivity index (χ0) is 23.0. The predicted molar refractivity (Wildman–Crippen MR) is 128 cm³/mol. The maximum Gasteiger partial charge on any atom is 0.272 e. The summed E-state index contributed by atoms with van der Waals surface area (Å²) in [6.07, 6.45) is 7.46. The number of fused-ring (bicyclic) bond motifs is 2. The van der Waals surface area contributed by atoms with Crippen LogP contribution in [0.1, 0.15) is 82.2 Å². The number of pyridine rings is 1. The zero-order valence-electron chi connectivity index (χ0n) is 19.8. The summed E-state index contributed by atoms with van der Waals surface area (Å²) in [5.74, 6) is 4.26. The summed E-state index contributed by atoms with van der Waals surface area (Å²) < 4.78 is 2.17. The van der Waals surface area contributed by atoms with Crippen LogP contribution in [0.15, 0.2) is 18.3 Å². The lowest BCUT2D eigenvalue weighted by Crippen LogP contribution is -2.27. The summed E-state index contributed by atoms with van der Waals surface area (Å²) in [5.41, 5.74) is 6.07. The van der Waals surface area contributed by atoms with Crippen LogP contribution in [0.4, 0.5) is 5.82 Å². The Balaban J connectivity index is 1.10. The Hall–Kier alpha value is -3.16. The first-order valence-corrected chi connectivity index (χ1v) is 12.7. The molecular formula is C26H31N7O. The van der Waals surface area contributed by atoms with E-state index in [2.05, 4.69) is 44.0 Å². The van der Waals surface area contributed by atoms with Crippen LogP contribution in [0.25, 0.3) is 0 Å². The topological polar surface area (TPSA) is 91.7 Å².